The predicted octanol–water partition coefficient (Wildman–Crippen LogP) is 6.89. The molecule has 0 aromatic carbocycles. The molecule has 0 spiro atoms. The molecule has 0 aromatic rings. The fourth-order valence-corrected chi connectivity index (χ4v) is 13.3. The summed E-state index contributed by atoms with van der Waals surface area (Å²) in [4.78, 5) is 90.1. The molecule has 0 saturated carbocycles. The van der Waals surface area contributed by atoms with Crippen LogP contribution in [0.2, 0.25) is 18.6 Å². The second-order valence-electron chi connectivity index (χ2n) is 16.8. The number of rotatable bonds is 45. The molecular weight excluding hydrogens is 1100 g/mol. The van der Waals surface area contributed by atoms with Gasteiger partial charge < -0.3 is 69.4 Å². The van der Waals surface area contributed by atoms with Gasteiger partial charge in [-0.25, -0.2) is 9.59 Å². The van der Waals surface area contributed by atoms with E-state index < -0.39 is 91.8 Å². The van der Waals surface area contributed by atoms with Crippen molar-refractivity contribution < 1.29 is 107 Å². The zero-order chi connectivity index (χ0) is 57.5. The van der Waals surface area contributed by atoms with Crippen molar-refractivity contribution in [2.45, 2.75) is 97.7 Å². The Kier molecular flexibility index (Phi) is 41.3. The highest BCUT2D eigenvalue weighted by molar-refractivity contribution is 7.99. The van der Waals surface area contributed by atoms with Crippen molar-refractivity contribution in [1.29, 1.82) is 0 Å². The van der Waals surface area contributed by atoms with Crippen molar-refractivity contribution in [3.63, 3.8) is 0 Å². The topological polar surface area (TPSA) is 297 Å². The van der Waals surface area contributed by atoms with Gasteiger partial charge in [-0.15, -0.1) is 0 Å². The predicted molar refractivity (Wildman–Crippen MR) is 289 cm³/mol. The second-order valence-corrected chi connectivity index (χ2v) is 29.9. The molecule has 0 amide bonds. The van der Waals surface area contributed by atoms with Crippen LogP contribution >= 0.6 is 38.7 Å². The first-order chi connectivity index (χ1) is 35.4. The summed E-state index contributed by atoms with van der Waals surface area (Å²) in [6.45, 7) is 15.0. The van der Waals surface area contributed by atoms with Gasteiger partial charge in [0.15, 0.2) is 0 Å². The average molecular weight is 1190 g/mol. The van der Waals surface area contributed by atoms with Gasteiger partial charge in [-0.2, -0.15) is 23.5 Å². The molecule has 2 N–H and O–H groups in total. The number of esters is 6. The summed E-state index contributed by atoms with van der Waals surface area (Å²) in [5.41, 5.74) is -1.97. The zero-order valence-corrected chi connectivity index (χ0v) is 51.1. The lowest BCUT2D eigenvalue weighted by atomic mass is 9.88. The van der Waals surface area contributed by atoms with Gasteiger partial charge in [-0.1, -0.05) is 27.0 Å². The summed E-state index contributed by atoms with van der Waals surface area (Å²) in [6, 6.07) is 1.52. The van der Waals surface area contributed by atoms with E-state index in [1.54, 1.807) is 79.8 Å². The quantitative estimate of drug-likeness (QED) is 0.0157. The highest BCUT2D eigenvalue weighted by Crippen LogP contribution is 2.48. The molecule has 0 heterocycles. The van der Waals surface area contributed by atoms with Crippen molar-refractivity contribution in [3.8, 4) is 0 Å². The van der Waals surface area contributed by atoms with Gasteiger partial charge in [0.2, 0.25) is 0 Å². The van der Waals surface area contributed by atoms with Crippen molar-refractivity contribution in [2.75, 3.05) is 124 Å². The molecular formula is C46H86O23P2S2Si2. The summed E-state index contributed by atoms with van der Waals surface area (Å²) in [6.07, 6.45) is 3.39. The number of hydrogen-bond donors (Lipinski definition) is 2. The minimum Gasteiger partial charge on any atom is -0.465 e. The Morgan fingerprint density at radius 2 is 0.867 bits per heavy atom. The number of ether oxygens (including phenoxy) is 6. The van der Waals surface area contributed by atoms with Gasteiger partial charge in [0.1, 0.15) is 39.6 Å². The van der Waals surface area contributed by atoms with E-state index in [0.29, 0.717) is 30.4 Å². The Balaban J connectivity index is 0. The molecule has 23 nitrogen and oxygen atoms in total. The third-order valence-electron chi connectivity index (χ3n) is 11.3. The van der Waals surface area contributed by atoms with Crippen LogP contribution in [0.1, 0.15) is 79.1 Å². The maximum Gasteiger partial charge on any atom is 0.500 e. The number of hydrogen-bond acceptors (Lipinski definition) is 23. The fourth-order valence-electron chi connectivity index (χ4n) is 5.92. The third kappa shape index (κ3) is 35.6. The van der Waals surface area contributed by atoms with Crippen LogP contribution in [-0.2, 0) is 97.5 Å². The van der Waals surface area contributed by atoms with Crippen molar-refractivity contribution in [2.24, 2.45) is 10.8 Å². The average Bonchev–Trinajstić information content (AvgIpc) is 3.40. The Bertz CT molecular complexity index is 1770. The Morgan fingerprint density at radius 3 is 1.19 bits per heavy atom. The molecule has 75 heavy (non-hydrogen) atoms. The molecule has 0 aliphatic rings. The second kappa shape index (κ2) is 41.6. The van der Waals surface area contributed by atoms with E-state index in [9.17, 15) is 37.9 Å². The Labute approximate surface area is 454 Å². The number of carbonyl (C=O) groups is 6. The van der Waals surface area contributed by atoms with Crippen LogP contribution in [0.15, 0.2) is 25.3 Å². The lowest BCUT2D eigenvalue weighted by Crippen LogP contribution is -2.42. The smallest absolute Gasteiger partial charge is 0.465 e. The first-order valence-electron chi connectivity index (χ1n) is 24.4. The Hall–Kier alpha value is -2.47. The summed E-state index contributed by atoms with van der Waals surface area (Å²) in [7, 11) is -4.44. The van der Waals surface area contributed by atoms with E-state index in [0.717, 1.165) is 42.5 Å². The molecule has 0 saturated heterocycles. The van der Waals surface area contributed by atoms with E-state index in [-0.39, 0.29) is 78.3 Å². The summed E-state index contributed by atoms with van der Waals surface area (Å²) in [5, 5.41) is 0. The molecule has 0 rings (SSSR count). The standard InChI is InChI=1S/C25H47O11PSSi.C21H39O12PSSi/c1-8-22(26)32-19-25(9-2,20-33-23(27)13-15-37(29,35-10-3)36-11-4)21-34-24(28)14-17-38-16-12-18-39(7,30-5)31-6;1-6-18(22)31-15-21(7-2,16-32-19(23)9-11-34(25,26)27)17-33-20(24)10-13-35-12-8-14-36(28-3,29-4)30-5/h8H,1,9-21H2,2-7H3;6H,1,7-17H2,2-5H3,(H2,25,26,27). The fraction of sp³-hybridized carbons (Fsp3) is 0.783. The lowest BCUT2D eigenvalue weighted by molar-refractivity contribution is -0.162. The van der Waals surface area contributed by atoms with Crippen LogP contribution in [0.4, 0.5) is 0 Å². The largest absolute Gasteiger partial charge is 0.500 e. The SMILES string of the molecule is C=CC(=O)OCC(CC)(COC(=O)CCSCCC[Si](C)(OC)OC)COC(=O)CCP(=O)(OCC)OCC.C=CC(=O)OCC(CC)(COC(=O)CCSCCC[Si](OC)(OC)OC)COC(=O)CCP(=O)(O)O. The van der Waals surface area contributed by atoms with Gasteiger partial charge in [0.05, 0.1) is 62.1 Å². The first-order valence-corrected chi connectivity index (χ1v) is 34.7. The van der Waals surface area contributed by atoms with E-state index in [1.165, 1.54) is 0 Å². The van der Waals surface area contributed by atoms with Crippen LogP contribution in [0.25, 0.3) is 0 Å². The molecule has 0 fully saturated rings. The van der Waals surface area contributed by atoms with E-state index in [4.69, 9.17) is 69.4 Å². The minimum absolute atomic E-state index is 0.104. The summed E-state index contributed by atoms with van der Waals surface area (Å²) < 4.78 is 92.8. The van der Waals surface area contributed by atoms with Crippen molar-refractivity contribution >= 4 is 91.9 Å². The molecule has 0 radical (unpaired) electrons. The molecule has 0 bridgehead atoms. The normalized spacial score (nSPS) is 13.4. The third-order valence-corrected chi connectivity index (χ3v) is 22.1. The van der Waals surface area contributed by atoms with Crippen molar-refractivity contribution in [3.05, 3.63) is 25.3 Å². The van der Waals surface area contributed by atoms with Gasteiger partial charge in [-0.05, 0) is 63.6 Å². The van der Waals surface area contributed by atoms with E-state index in [2.05, 4.69) is 13.2 Å². The number of carbonyl (C=O) groups excluding carboxylic acids is 6. The lowest BCUT2D eigenvalue weighted by Gasteiger charge is -2.31. The molecule has 2 unspecified atom stereocenters. The molecule has 0 aliphatic carbocycles. The highest BCUT2D eigenvalue weighted by atomic mass is 32.2. The molecule has 0 aromatic heterocycles. The van der Waals surface area contributed by atoms with Crippen LogP contribution in [0.3, 0.4) is 0 Å². The van der Waals surface area contributed by atoms with Crippen LogP contribution in [0, 0.1) is 10.8 Å². The molecule has 0 aliphatic heterocycles. The maximum atomic E-state index is 12.6. The van der Waals surface area contributed by atoms with Gasteiger partial charge in [-0.3, -0.25) is 28.3 Å². The highest BCUT2D eigenvalue weighted by Gasteiger charge is 2.38. The van der Waals surface area contributed by atoms with E-state index in [1.807, 2.05) is 13.5 Å². The van der Waals surface area contributed by atoms with Gasteiger partial charge in [0, 0.05) is 65.3 Å². The van der Waals surface area contributed by atoms with Crippen molar-refractivity contribution in [1.82, 2.24) is 0 Å². The van der Waals surface area contributed by atoms with E-state index >= 15 is 0 Å². The van der Waals surface area contributed by atoms with Gasteiger partial charge in [0.25, 0.3) is 0 Å². The molecule has 438 valence electrons. The zero-order valence-electron chi connectivity index (χ0n) is 45.7. The molecule has 29 heteroatoms. The number of thioether (sulfide) groups is 2. The monoisotopic (exact) mass is 1190 g/mol. The molecule has 2 atom stereocenters. The minimum atomic E-state index is -4.35. The maximum absolute atomic E-state index is 12.6. The summed E-state index contributed by atoms with van der Waals surface area (Å²) >= 11 is 3.22. The van der Waals surface area contributed by atoms with Crippen LogP contribution in [-0.4, -0.2) is 187 Å². The first kappa shape index (κ1) is 74.6. The van der Waals surface area contributed by atoms with Crippen LogP contribution < -0.4 is 0 Å². The van der Waals surface area contributed by atoms with Gasteiger partial charge >= 0.3 is 68.4 Å². The Morgan fingerprint density at radius 1 is 0.520 bits per heavy atom. The van der Waals surface area contributed by atoms with Crippen LogP contribution in [0.5, 0.6) is 0 Å². The summed E-state index contributed by atoms with van der Waals surface area (Å²) in [5.74, 6) is -0.862.